The topological polar surface area (TPSA) is 29.9 Å². The van der Waals surface area contributed by atoms with Gasteiger partial charge in [-0.15, -0.1) is 0 Å². The standard InChI is InChI=1S/C18H25N3/c1-15-7-5-6-8-17(15)13-19-11-16-12-20-21(14-16)18-9-3-2-4-10-18/h2-4,9-10,12,14-15,17,19H,5-8,11,13H2,1H3. The number of benzene rings is 1. The van der Waals surface area contributed by atoms with E-state index in [0.717, 1.165) is 30.6 Å². The Hall–Kier alpha value is -1.61. The second-order valence-corrected chi connectivity index (χ2v) is 6.28. The largest absolute Gasteiger partial charge is 0.312 e. The average Bonchev–Trinajstić information content (AvgIpc) is 2.99. The first-order valence-electron chi connectivity index (χ1n) is 8.12. The number of rotatable bonds is 5. The van der Waals surface area contributed by atoms with Gasteiger partial charge in [-0.25, -0.2) is 4.68 Å². The van der Waals surface area contributed by atoms with Crippen molar-refractivity contribution in [3.63, 3.8) is 0 Å². The molecular formula is C18H25N3. The second-order valence-electron chi connectivity index (χ2n) is 6.28. The van der Waals surface area contributed by atoms with Crippen molar-refractivity contribution < 1.29 is 0 Å². The highest BCUT2D eigenvalue weighted by Crippen LogP contribution is 2.28. The summed E-state index contributed by atoms with van der Waals surface area (Å²) in [6.45, 7) is 4.45. The maximum Gasteiger partial charge on any atom is 0.0645 e. The van der Waals surface area contributed by atoms with Crippen molar-refractivity contribution in [2.45, 2.75) is 39.2 Å². The van der Waals surface area contributed by atoms with Gasteiger partial charge >= 0.3 is 0 Å². The Morgan fingerprint density at radius 3 is 2.81 bits per heavy atom. The van der Waals surface area contributed by atoms with Crippen LogP contribution in [0.4, 0.5) is 0 Å². The number of aromatic nitrogens is 2. The van der Waals surface area contributed by atoms with Crippen LogP contribution in [-0.4, -0.2) is 16.3 Å². The van der Waals surface area contributed by atoms with Gasteiger partial charge in [0.2, 0.25) is 0 Å². The average molecular weight is 283 g/mol. The first-order valence-corrected chi connectivity index (χ1v) is 8.12. The Morgan fingerprint density at radius 1 is 1.19 bits per heavy atom. The molecule has 1 saturated carbocycles. The van der Waals surface area contributed by atoms with Gasteiger partial charge in [0, 0.05) is 18.3 Å². The van der Waals surface area contributed by atoms with Gasteiger partial charge in [-0.05, 0) is 36.9 Å². The van der Waals surface area contributed by atoms with Crippen molar-refractivity contribution in [1.29, 1.82) is 0 Å². The highest BCUT2D eigenvalue weighted by Gasteiger charge is 2.20. The summed E-state index contributed by atoms with van der Waals surface area (Å²) in [5.74, 6) is 1.72. The number of nitrogens with zero attached hydrogens (tertiary/aromatic N) is 2. The molecule has 2 atom stereocenters. The number of hydrogen-bond donors (Lipinski definition) is 1. The highest BCUT2D eigenvalue weighted by atomic mass is 15.3. The minimum atomic E-state index is 0.850. The van der Waals surface area contributed by atoms with E-state index in [4.69, 9.17) is 0 Å². The van der Waals surface area contributed by atoms with E-state index in [1.54, 1.807) is 0 Å². The lowest BCUT2D eigenvalue weighted by Crippen LogP contribution is -2.28. The number of para-hydroxylation sites is 1. The summed E-state index contributed by atoms with van der Waals surface area (Å²) in [7, 11) is 0. The van der Waals surface area contributed by atoms with Crippen molar-refractivity contribution >= 4 is 0 Å². The third-order valence-electron chi connectivity index (χ3n) is 4.68. The van der Waals surface area contributed by atoms with E-state index in [9.17, 15) is 0 Å². The first-order chi connectivity index (χ1) is 10.3. The molecule has 1 aliphatic rings. The zero-order chi connectivity index (χ0) is 14.5. The monoisotopic (exact) mass is 283 g/mol. The fourth-order valence-corrected chi connectivity index (χ4v) is 3.27. The van der Waals surface area contributed by atoms with Crippen LogP contribution in [0, 0.1) is 11.8 Å². The molecule has 0 saturated heterocycles. The summed E-state index contributed by atoms with van der Waals surface area (Å²) in [5, 5.41) is 8.06. The lowest BCUT2D eigenvalue weighted by molar-refractivity contribution is 0.247. The molecule has 21 heavy (non-hydrogen) atoms. The van der Waals surface area contributed by atoms with Crippen LogP contribution in [0.1, 0.15) is 38.2 Å². The van der Waals surface area contributed by atoms with E-state index in [2.05, 4.69) is 35.7 Å². The lowest BCUT2D eigenvalue weighted by Gasteiger charge is -2.28. The minimum absolute atomic E-state index is 0.850. The maximum atomic E-state index is 4.44. The molecule has 2 aromatic rings. The Balaban J connectivity index is 1.51. The van der Waals surface area contributed by atoms with Crippen LogP contribution in [0.25, 0.3) is 5.69 Å². The van der Waals surface area contributed by atoms with Gasteiger partial charge in [0.25, 0.3) is 0 Å². The highest BCUT2D eigenvalue weighted by molar-refractivity contribution is 5.30. The van der Waals surface area contributed by atoms with Gasteiger partial charge in [0.05, 0.1) is 11.9 Å². The molecule has 1 aromatic carbocycles. The molecule has 1 heterocycles. The van der Waals surface area contributed by atoms with Crippen LogP contribution in [0.15, 0.2) is 42.7 Å². The van der Waals surface area contributed by atoms with Crippen LogP contribution in [0.5, 0.6) is 0 Å². The Bertz CT molecular complexity index is 547. The summed E-state index contributed by atoms with van der Waals surface area (Å²) in [6.07, 6.45) is 9.69. The molecule has 0 aliphatic heterocycles. The number of hydrogen-bond acceptors (Lipinski definition) is 2. The van der Waals surface area contributed by atoms with Gasteiger partial charge < -0.3 is 5.32 Å². The predicted octanol–water partition coefficient (Wildman–Crippen LogP) is 3.79. The molecule has 3 nitrogen and oxygen atoms in total. The quantitative estimate of drug-likeness (QED) is 0.905. The zero-order valence-electron chi connectivity index (χ0n) is 12.8. The van der Waals surface area contributed by atoms with Gasteiger partial charge in [-0.3, -0.25) is 0 Å². The smallest absolute Gasteiger partial charge is 0.0645 e. The predicted molar refractivity (Wildman–Crippen MR) is 86.4 cm³/mol. The van der Waals surface area contributed by atoms with E-state index >= 15 is 0 Å². The molecule has 3 heteroatoms. The summed E-state index contributed by atoms with van der Waals surface area (Å²) in [5.41, 5.74) is 2.37. The summed E-state index contributed by atoms with van der Waals surface area (Å²) in [6, 6.07) is 10.3. The van der Waals surface area contributed by atoms with E-state index in [-0.39, 0.29) is 0 Å². The Kier molecular flexibility index (Phi) is 4.71. The minimum Gasteiger partial charge on any atom is -0.312 e. The fourth-order valence-electron chi connectivity index (χ4n) is 3.27. The maximum absolute atomic E-state index is 4.44. The third kappa shape index (κ3) is 3.73. The van der Waals surface area contributed by atoms with E-state index in [1.165, 1.54) is 31.2 Å². The molecule has 1 aliphatic carbocycles. The van der Waals surface area contributed by atoms with Crippen LogP contribution in [0.2, 0.25) is 0 Å². The Labute approximate surface area is 127 Å². The van der Waals surface area contributed by atoms with Crippen LogP contribution in [0.3, 0.4) is 0 Å². The summed E-state index contributed by atoms with van der Waals surface area (Å²) in [4.78, 5) is 0. The van der Waals surface area contributed by atoms with Crippen molar-refractivity contribution in [3.05, 3.63) is 48.3 Å². The summed E-state index contributed by atoms with van der Waals surface area (Å²) < 4.78 is 1.94. The molecule has 1 N–H and O–H groups in total. The van der Waals surface area contributed by atoms with Crippen LogP contribution < -0.4 is 5.32 Å². The molecule has 1 aromatic heterocycles. The third-order valence-corrected chi connectivity index (χ3v) is 4.68. The van der Waals surface area contributed by atoms with Crippen molar-refractivity contribution in [2.24, 2.45) is 11.8 Å². The Morgan fingerprint density at radius 2 is 2.00 bits per heavy atom. The lowest BCUT2D eigenvalue weighted by atomic mass is 9.80. The summed E-state index contributed by atoms with van der Waals surface area (Å²) >= 11 is 0. The normalized spacial score (nSPS) is 22.3. The zero-order valence-corrected chi connectivity index (χ0v) is 12.8. The van der Waals surface area contributed by atoms with Crippen LogP contribution in [-0.2, 0) is 6.54 Å². The van der Waals surface area contributed by atoms with Gasteiger partial charge in [-0.2, -0.15) is 5.10 Å². The molecular weight excluding hydrogens is 258 g/mol. The van der Waals surface area contributed by atoms with Crippen molar-refractivity contribution in [1.82, 2.24) is 15.1 Å². The molecule has 2 unspecified atom stereocenters. The molecule has 112 valence electrons. The molecule has 1 fully saturated rings. The van der Waals surface area contributed by atoms with E-state index in [0.29, 0.717) is 0 Å². The van der Waals surface area contributed by atoms with Crippen molar-refractivity contribution in [3.8, 4) is 5.69 Å². The second kappa shape index (κ2) is 6.90. The number of nitrogens with one attached hydrogen (secondary N) is 1. The SMILES string of the molecule is CC1CCCCC1CNCc1cnn(-c2ccccc2)c1. The van der Waals surface area contributed by atoms with E-state index in [1.807, 2.05) is 29.1 Å². The fraction of sp³-hybridized carbons (Fsp3) is 0.500. The molecule has 0 radical (unpaired) electrons. The molecule has 0 bridgehead atoms. The molecule has 0 amide bonds. The first kappa shape index (κ1) is 14.3. The van der Waals surface area contributed by atoms with Gasteiger partial charge in [0.15, 0.2) is 0 Å². The van der Waals surface area contributed by atoms with E-state index < -0.39 is 0 Å². The van der Waals surface area contributed by atoms with Gasteiger partial charge in [0.1, 0.15) is 0 Å². The molecule has 3 rings (SSSR count). The van der Waals surface area contributed by atoms with Crippen LogP contribution >= 0.6 is 0 Å². The molecule has 0 spiro atoms. The van der Waals surface area contributed by atoms with Crippen molar-refractivity contribution in [2.75, 3.05) is 6.54 Å². The van der Waals surface area contributed by atoms with Gasteiger partial charge in [-0.1, -0.05) is 44.4 Å².